The summed E-state index contributed by atoms with van der Waals surface area (Å²) in [6, 6.07) is 4.04. The van der Waals surface area contributed by atoms with Crippen LogP contribution in [0, 0.1) is 11.3 Å². The second-order valence-electron chi connectivity index (χ2n) is 3.12. The number of esters is 1. The van der Waals surface area contributed by atoms with Gasteiger partial charge in [0, 0.05) is 5.56 Å². The molecule has 0 heterocycles. The van der Waals surface area contributed by atoms with Crippen molar-refractivity contribution in [2.24, 2.45) is 0 Å². The van der Waals surface area contributed by atoms with Crippen LogP contribution in [0.15, 0.2) is 12.1 Å². The molecule has 0 unspecified atom stereocenters. The number of carbonyl (C=O) groups excluding carboxylic acids is 1. The predicted molar refractivity (Wildman–Crippen MR) is 58.7 cm³/mol. The summed E-state index contributed by atoms with van der Waals surface area (Å²) in [5.74, 6) is -1.25. The Labute approximate surface area is 107 Å². The van der Waals surface area contributed by atoms with E-state index in [4.69, 9.17) is 16.9 Å². The number of halogens is 3. The smallest absolute Gasteiger partial charge is 0.387 e. The van der Waals surface area contributed by atoms with Crippen LogP contribution >= 0.6 is 11.6 Å². The molecule has 4 nitrogen and oxygen atoms in total. The summed E-state index contributed by atoms with van der Waals surface area (Å²) in [6.07, 6.45) is 0. The highest BCUT2D eigenvalue weighted by Crippen LogP contribution is 2.28. The van der Waals surface area contributed by atoms with Gasteiger partial charge in [-0.25, -0.2) is 4.79 Å². The SMILES string of the molecule is COC(=O)c1cc(C#N)c(CCl)c(OC(F)F)c1. The Morgan fingerprint density at radius 3 is 2.67 bits per heavy atom. The van der Waals surface area contributed by atoms with Crippen LogP contribution in [-0.4, -0.2) is 19.7 Å². The molecule has 0 fully saturated rings. The molecule has 0 saturated carbocycles. The highest BCUT2D eigenvalue weighted by Gasteiger charge is 2.18. The summed E-state index contributed by atoms with van der Waals surface area (Å²) in [6.45, 7) is -3.08. The molecule has 0 aliphatic rings. The molecule has 0 spiro atoms. The van der Waals surface area contributed by atoms with Crippen LogP contribution < -0.4 is 4.74 Å². The van der Waals surface area contributed by atoms with Crippen LogP contribution in [0.4, 0.5) is 8.78 Å². The van der Waals surface area contributed by atoms with E-state index in [9.17, 15) is 13.6 Å². The summed E-state index contributed by atoms with van der Waals surface area (Å²) >= 11 is 5.57. The standard InChI is InChI=1S/C11H8ClF2NO3/c1-17-10(16)6-2-7(5-15)8(4-12)9(3-6)18-11(13)14/h2-3,11H,4H2,1H3. The first kappa shape index (κ1) is 14.2. The van der Waals surface area contributed by atoms with E-state index in [0.29, 0.717) is 0 Å². The Balaban J connectivity index is 3.36. The van der Waals surface area contributed by atoms with E-state index in [-0.39, 0.29) is 28.3 Å². The van der Waals surface area contributed by atoms with Gasteiger partial charge in [-0.2, -0.15) is 14.0 Å². The minimum atomic E-state index is -3.08. The summed E-state index contributed by atoms with van der Waals surface area (Å²) in [7, 11) is 1.14. The van der Waals surface area contributed by atoms with Crippen LogP contribution in [0.5, 0.6) is 5.75 Å². The normalized spacial score (nSPS) is 10.0. The molecule has 7 heteroatoms. The Kier molecular flexibility index (Phi) is 4.86. The lowest BCUT2D eigenvalue weighted by atomic mass is 10.0. The fourth-order valence-corrected chi connectivity index (χ4v) is 1.60. The van der Waals surface area contributed by atoms with E-state index in [1.54, 1.807) is 6.07 Å². The lowest BCUT2D eigenvalue weighted by molar-refractivity contribution is -0.0504. The molecule has 0 aliphatic carbocycles. The number of hydrogen-bond donors (Lipinski definition) is 0. The van der Waals surface area contributed by atoms with E-state index in [1.807, 2.05) is 0 Å². The first-order valence-corrected chi connectivity index (χ1v) is 5.23. The zero-order valence-corrected chi connectivity index (χ0v) is 10.0. The topological polar surface area (TPSA) is 59.3 Å². The Morgan fingerprint density at radius 2 is 2.22 bits per heavy atom. The minimum absolute atomic E-state index is 0.0106. The second kappa shape index (κ2) is 6.17. The third kappa shape index (κ3) is 3.08. The molecule has 0 radical (unpaired) electrons. The molecular formula is C11H8ClF2NO3. The van der Waals surface area contributed by atoms with Gasteiger partial charge in [-0.1, -0.05) is 0 Å². The number of carbonyl (C=O) groups is 1. The van der Waals surface area contributed by atoms with Crippen LogP contribution in [0.3, 0.4) is 0 Å². The van der Waals surface area contributed by atoms with Crippen molar-refractivity contribution in [2.75, 3.05) is 7.11 Å². The zero-order valence-electron chi connectivity index (χ0n) is 9.25. The van der Waals surface area contributed by atoms with Gasteiger partial charge in [0.2, 0.25) is 0 Å². The maximum Gasteiger partial charge on any atom is 0.387 e. The number of ether oxygens (including phenoxy) is 2. The van der Waals surface area contributed by atoms with E-state index in [1.165, 1.54) is 6.07 Å². The van der Waals surface area contributed by atoms with Gasteiger partial charge >= 0.3 is 12.6 Å². The third-order valence-electron chi connectivity index (χ3n) is 2.10. The second-order valence-corrected chi connectivity index (χ2v) is 3.38. The molecule has 0 aliphatic heterocycles. The molecule has 96 valence electrons. The first-order chi connectivity index (χ1) is 8.53. The number of alkyl halides is 3. The van der Waals surface area contributed by atoms with Crippen molar-refractivity contribution in [2.45, 2.75) is 12.5 Å². The van der Waals surface area contributed by atoms with Crippen molar-refractivity contribution >= 4 is 17.6 Å². The van der Waals surface area contributed by atoms with Crippen LogP contribution in [0.25, 0.3) is 0 Å². The molecule has 1 aromatic rings. The van der Waals surface area contributed by atoms with Crippen molar-refractivity contribution in [3.63, 3.8) is 0 Å². The molecule has 0 amide bonds. The summed E-state index contributed by atoms with van der Waals surface area (Å²) in [4.78, 5) is 11.3. The highest BCUT2D eigenvalue weighted by molar-refractivity contribution is 6.17. The molecular weight excluding hydrogens is 268 g/mol. The lowest BCUT2D eigenvalue weighted by Gasteiger charge is -2.12. The Morgan fingerprint density at radius 1 is 1.56 bits per heavy atom. The molecule has 1 rings (SSSR count). The van der Waals surface area contributed by atoms with Gasteiger partial charge in [0.15, 0.2) is 0 Å². The summed E-state index contributed by atoms with van der Waals surface area (Å²) in [5.41, 5.74) is 0.0363. The van der Waals surface area contributed by atoms with E-state index in [2.05, 4.69) is 9.47 Å². The summed E-state index contributed by atoms with van der Waals surface area (Å²) < 4.78 is 33.1. The fraction of sp³-hybridized carbons (Fsp3) is 0.273. The Bertz CT molecular complexity index is 500. The van der Waals surface area contributed by atoms with Crippen molar-refractivity contribution in [3.8, 4) is 11.8 Å². The molecule has 0 saturated heterocycles. The average molecular weight is 276 g/mol. The third-order valence-corrected chi connectivity index (χ3v) is 2.37. The average Bonchev–Trinajstić information content (AvgIpc) is 2.35. The zero-order chi connectivity index (χ0) is 13.7. The van der Waals surface area contributed by atoms with Crippen molar-refractivity contribution < 1.29 is 23.0 Å². The van der Waals surface area contributed by atoms with Gasteiger partial charge in [-0.15, -0.1) is 11.6 Å². The molecule has 1 aromatic carbocycles. The number of nitriles is 1. The molecule has 0 N–H and O–H groups in total. The van der Waals surface area contributed by atoms with Gasteiger partial charge in [0.05, 0.1) is 30.2 Å². The van der Waals surface area contributed by atoms with Gasteiger partial charge in [-0.3, -0.25) is 0 Å². The minimum Gasteiger partial charge on any atom is -0.465 e. The van der Waals surface area contributed by atoms with Crippen LogP contribution in [0.2, 0.25) is 0 Å². The predicted octanol–water partition coefficient (Wildman–Crippen LogP) is 2.69. The number of methoxy groups -OCH3 is 1. The summed E-state index contributed by atoms with van der Waals surface area (Å²) in [5, 5.41) is 8.88. The Hall–Kier alpha value is -1.87. The van der Waals surface area contributed by atoms with Crippen LogP contribution in [0.1, 0.15) is 21.5 Å². The fourth-order valence-electron chi connectivity index (χ4n) is 1.32. The highest BCUT2D eigenvalue weighted by atomic mass is 35.5. The van der Waals surface area contributed by atoms with Gasteiger partial charge in [0.25, 0.3) is 0 Å². The van der Waals surface area contributed by atoms with E-state index >= 15 is 0 Å². The molecule has 0 aromatic heterocycles. The molecule has 18 heavy (non-hydrogen) atoms. The number of hydrogen-bond acceptors (Lipinski definition) is 4. The largest absolute Gasteiger partial charge is 0.465 e. The maximum atomic E-state index is 12.2. The first-order valence-electron chi connectivity index (χ1n) is 4.69. The quantitative estimate of drug-likeness (QED) is 0.626. The van der Waals surface area contributed by atoms with Gasteiger partial charge in [0.1, 0.15) is 5.75 Å². The maximum absolute atomic E-state index is 12.2. The number of benzene rings is 1. The van der Waals surface area contributed by atoms with E-state index in [0.717, 1.165) is 13.2 Å². The molecule has 0 bridgehead atoms. The molecule has 0 atom stereocenters. The van der Waals surface area contributed by atoms with Crippen molar-refractivity contribution in [1.82, 2.24) is 0 Å². The monoisotopic (exact) mass is 275 g/mol. The lowest BCUT2D eigenvalue weighted by Crippen LogP contribution is -2.08. The van der Waals surface area contributed by atoms with E-state index < -0.39 is 12.6 Å². The van der Waals surface area contributed by atoms with Gasteiger partial charge < -0.3 is 9.47 Å². The van der Waals surface area contributed by atoms with Crippen LogP contribution in [-0.2, 0) is 10.6 Å². The van der Waals surface area contributed by atoms with Gasteiger partial charge in [-0.05, 0) is 12.1 Å². The van der Waals surface area contributed by atoms with Crippen molar-refractivity contribution in [1.29, 1.82) is 5.26 Å². The van der Waals surface area contributed by atoms with Crippen molar-refractivity contribution in [3.05, 3.63) is 28.8 Å². The number of rotatable bonds is 4. The number of nitrogens with zero attached hydrogens (tertiary/aromatic N) is 1.